The third kappa shape index (κ3) is 3.34. The summed E-state index contributed by atoms with van der Waals surface area (Å²) in [5, 5.41) is 3.30. The largest absolute Gasteiger partial charge is 0.468 e. The predicted molar refractivity (Wildman–Crippen MR) is 71.4 cm³/mol. The van der Waals surface area contributed by atoms with Crippen LogP contribution in [0.25, 0.3) is 0 Å². The Labute approximate surface area is 109 Å². The van der Waals surface area contributed by atoms with Gasteiger partial charge in [-0.3, -0.25) is 4.90 Å². The second-order valence-corrected chi connectivity index (χ2v) is 5.49. The van der Waals surface area contributed by atoms with Crippen LogP contribution in [-0.4, -0.2) is 36.7 Å². The lowest BCUT2D eigenvalue weighted by atomic mass is 10.0. The van der Waals surface area contributed by atoms with E-state index in [1.165, 1.54) is 5.56 Å². The molecule has 102 valence electrons. The van der Waals surface area contributed by atoms with Gasteiger partial charge in [0.1, 0.15) is 5.76 Å². The molecular formula is C14H24N2O2. The minimum Gasteiger partial charge on any atom is -0.468 e. The molecule has 0 aliphatic carbocycles. The number of hydrogen-bond acceptors (Lipinski definition) is 4. The van der Waals surface area contributed by atoms with Crippen LogP contribution in [0.15, 0.2) is 16.7 Å². The zero-order valence-electron chi connectivity index (χ0n) is 11.7. The molecule has 1 aliphatic rings. The van der Waals surface area contributed by atoms with Gasteiger partial charge in [-0.2, -0.15) is 0 Å². The molecule has 0 bridgehead atoms. The van der Waals surface area contributed by atoms with Crippen LogP contribution >= 0.6 is 0 Å². The van der Waals surface area contributed by atoms with Gasteiger partial charge in [-0.25, -0.2) is 0 Å². The number of nitrogens with zero attached hydrogens (tertiary/aromatic N) is 1. The van der Waals surface area contributed by atoms with Crippen molar-refractivity contribution < 1.29 is 9.15 Å². The molecule has 1 N–H and O–H groups in total. The molecule has 4 nitrogen and oxygen atoms in total. The van der Waals surface area contributed by atoms with E-state index >= 15 is 0 Å². The van der Waals surface area contributed by atoms with Gasteiger partial charge in [0.05, 0.1) is 26.0 Å². The average molecular weight is 252 g/mol. The Hall–Kier alpha value is -0.840. The first-order valence-electron chi connectivity index (χ1n) is 6.71. The average Bonchev–Trinajstić information content (AvgIpc) is 2.77. The van der Waals surface area contributed by atoms with Gasteiger partial charge in [0.25, 0.3) is 0 Å². The standard InChI is InChI=1S/C14H24N2O2/c1-4-15-8-12-7-13(18-10-12)9-16-5-6-17-11-14(16,2)3/h7,10,15H,4-6,8-9,11H2,1-3H3. The summed E-state index contributed by atoms with van der Waals surface area (Å²) < 4.78 is 11.2. The highest BCUT2D eigenvalue weighted by Crippen LogP contribution is 2.22. The second kappa shape index (κ2) is 5.87. The van der Waals surface area contributed by atoms with E-state index in [0.717, 1.165) is 45.2 Å². The highest BCUT2D eigenvalue weighted by molar-refractivity contribution is 5.13. The number of hydrogen-bond donors (Lipinski definition) is 1. The van der Waals surface area contributed by atoms with Crippen molar-refractivity contribution >= 4 is 0 Å². The van der Waals surface area contributed by atoms with E-state index < -0.39 is 0 Å². The summed E-state index contributed by atoms with van der Waals surface area (Å²) in [7, 11) is 0. The number of nitrogens with one attached hydrogen (secondary N) is 1. The number of morpholine rings is 1. The third-order valence-corrected chi connectivity index (χ3v) is 3.45. The van der Waals surface area contributed by atoms with Gasteiger partial charge in [0.2, 0.25) is 0 Å². The lowest BCUT2D eigenvalue weighted by molar-refractivity contribution is -0.0577. The molecule has 0 aromatic carbocycles. The van der Waals surface area contributed by atoms with Crippen LogP contribution in [-0.2, 0) is 17.8 Å². The van der Waals surface area contributed by atoms with Gasteiger partial charge >= 0.3 is 0 Å². The summed E-state index contributed by atoms with van der Waals surface area (Å²) in [5.74, 6) is 1.04. The van der Waals surface area contributed by atoms with Crippen molar-refractivity contribution in [1.82, 2.24) is 10.2 Å². The molecule has 1 saturated heterocycles. The minimum atomic E-state index is 0.0902. The van der Waals surface area contributed by atoms with Crippen molar-refractivity contribution in [2.75, 3.05) is 26.3 Å². The summed E-state index contributed by atoms with van der Waals surface area (Å²) in [4.78, 5) is 2.42. The van der Waals surface area contributed by atoms with Crippen LogP contribution in [0, 0.1) is 0 Å². The van der Waals surface area contributed by atoms with E-state index in [0.29, 0.717) is 0 Å². The predicted octanol–water partition coefficient (Wildman–Crippen LogP) is 2.00. The molecular weight excluding hydrogens is 228 g/mol. The highest BCUT2D eigenvalue weighted by Gasteiger charge is 2.30. The Morgan fingerprint density at radius 3 is 3.00 bits per heavy atom. The normalized spacial score (nSPS) is 20.2. The van der Waals surface area contributed by atoms with Gasteiger partial charge < -0.3 is 14.5 Å². The van der Waals surface area contributed by atoms with Crippen molar-refractivity contribution in [1.29, 1.82) is 0 Å². The van der Waals surface area contributed by atoms with Crippen LogP contribution in [0.4, 0.5) is 0 Å². The first kappa shape index (κ1) is 13.6. The van der Waals surface area contributed by atoms with Crippen LogP contribution in [0.1, 0.15) is 32.1 Å². The molecule has 18 heavy (non-hydrogen) atoms. The lowest BCUT2D eigenvalue weighted by Crippen LogP contribution is -2.52. The lowest BCUT2D eigenvalue weighted by Gasteiger charge is -2.41. The monoisotopic (exact) mass is 252 g/mol. The maximum atomic E-state index is 5.64. The van der Waals surface area contributed by atoms with Crippen molar-refractivity contribution in [3.63, 3.8) is 0 Å². The van der Waals surface area contributed by atoms with E-state index in [-0.39, 0.29) is 5.54 Å². The molecule has 0 saturated carbocycles. The number of rotatable bonds is 5. The quantitative estimate of drug-likeness (QED) is 0.870. The molecule has 2 heterocycles. The van der Waals surface area contributed by atoms with Gasteiger partial charge in [0, 0.05) is 24.2 Å². The summed E-state index contributed by atoms with van der Waals surface area (Å²) in [5.41, 5.74) is 1.31. The molecule has 0 unspecified atom stereocenters. The second-order valence-electron chi connectivity index (χ2n) is 5.49. The number of ether oxygens (including phenoxy) is 1. The van der Waals surface area contributed by atoms with E-state index in [1.807, 2.05) is 6.26 Å². The van der Waals surface area contributed by atoms with Gasteiger partial charge in [-0.1, -0.05) is 6.92 Å². The summed E-state index contributed by atoms with van der Waals surface area (Å²) >= 11 is 0. The maximum Gasteiger partial charge on any atom is 0.118 e. The van der Waals surface area contributed by atoms with E-state index in [2.05, 4.69) is 37.1 Å². The third-order valence-electron chi connectivity index (χ3n) is 3.45. The Balaban J connectivity index is 1.94. The van der Waals surface area contributed by atoms with Crippen molar-refractivity contribution in [3.05, 3.63) is 23.7 Å². The molecule has 0 radical (unpaired) electrons. The van der Waals surface area contributed by atoms with E-state index in [9.17, 15) is 0 Å². The summed E-state index contributed by atoms with van der Waals surface area (Å²) in [6.07, 6.45) is 1.85. The van der Waals surface area contributed by atoms with Gasteiger partial charge in [-0.15, -0.1) is 0 Å². The van der Waals surface area contributed by atoms with E-state index in [1.54, 1.807) is 0 Å². The molecule has 1 fully saturated rings. The highest BCUT2D eigenvalue weighted by atomic mass is 16.5. The molecule has 1 aromatic rings. The molecule has 1 aromatic heterocycles. The molecule has 2 rings (SSSR count). The molecule has 0 atom stereocenters. The molecule has 4 heteroatoms. The fourth-order valence-corrected chi connectivity index (χ4v) is 2.24. The number of furan rings is 1. The maximum absolute atomic E-state index is 5.64. The van der Waals surface area contributed by atoms with Crippen LogP contribution in [0.2, 0.25) is 0 Å². The van der Waals surface area contributed by atoms with Crippen molar-refractivity contribution in [2.45, 2.75) is 39.4 Å². The zero-order valence-corrected chi connectivity index (χ0v) is 11.7. The first-order valence-corrected chi connectivity index (χ1v) is 6.71. The summed E-state index contributed by atoms with van der Waals surface area (Å²) in [6.45, 7) is 11.8. The topological polar surface area (TPSA) is 37.6 Å². The van der Waals surface area contributed by atoms with Crippen LogP contribution < -0.4 is 5.32 Å². The fraction of sp³-hybridized carbons (Fsp3) is 0.714. The summed E-state index contributed by atoms with van der Waals surface area (Å²) in [6, 6.07) is 2.15. The Kier molecular flexibility index (Phi) is 4.43. The smallest absolute Gasteiger partial charge is 0.118 e. The Morgan fingerprint density at radius 2 is 2.28 bits per heavy atom. The Morgan fingerprint density at radius 1 is 1.44 bits per heavy atom. The molecule has 0 spiro atoms. The first-order chi connectivity index (χ1) is 8.62. The fourth-order valence-electron chi connectivity index (χ4n) is 2.24. The zero-order chi connectivity index (χ0) is 13.0. The van der Waals surface area contributed by atoms with Crippen LogP contribution in [0.3, 0.4) is 0 Å². The minimum absolute atomic E-state index is 0.0902. The van der Waals surface area contributed by atoms with Gasteiger partial charge in [0.15, 0.2) is 0 Å². The van der Waals surface area contributed by atoms with Crippen molar-refractivity contribution in [3.8, 4) is 0 Å². The SMILES string of the molecule is CCNCc1coc(CN2CCOCC2(C)C)c1. The van der Waals surface area contributed by atoms with Crippen LogP contribution in [0.5, 0.6) is 0 Å². The van der Waals surface area contributed by atoms with Crippen molar-refractivity contribution in [2.24, 2.45) is 0 Å². The Bertz CT molecular complexity index is 374. The van der Waals surface area contributed by atoms with Gasteiger partial charge in [-0.05, 0) is 26.5 Å². The van der Waals surface area contributed by atoms with E-state index in [4.69, 9.17) is 9.15 Å². The molecule has 0 amide bonds. The molecule has 1 aliphatic heterocycles.